The highest BCUT2D eigenvalue weighted by molar-refractivity contribution is 5.95. The minimum atomic E-state index is -0.197. The minimum absolute atomic E-state index is 0.197. The fraction of sp³-hybridized carbons (Fsp3) is 0.500. The number of hydrogen-bond donors (Lipinski definition) is 1. The van der Waals surface area contributed by atoms with Crippen LogP contribution in [-0.2, 0) is 0 Å². The van der Waals surface area contributed by atoms with Gasteiger partial charge in [-0.25, -0.2) is 5.43 Å². The van der Waals surface area contributed by atoms with Gasteiger partial charge in [-0.15, -0.1) is 0 Å². The number of nitrogens with zero attached hydrogens (tertiary/aromatic N) is 2. The zero-order chi connectivity index (χ0) is 15.1. The average molecular weight is 289 g/mol. The van der Waals surface area contributed by atoms with E-state index in [1.807, 2.05) is 6.07 Å². The van der Waals surface area contributed by atoms with Crippen molar-refractivity contribution < 1.29 is 9.53 Å². The highest BCUT2D eigenvalue weighted by Gasteiger charge is 2.14. The Balaban J connectivity index is 1.87. The first kappa shape index (κ1) is 15.5. The van der Waals surface area contributed by atoms with Crippen LogP contribution in [0.5, 0.6) is 5.75 Å². The van der Waals surface area contributed by atoms with Crippen molar-refractivity contribution in [3.05, 3.63) is 29.8 Å². The Morgan fingerprint density at radius 3 is 2.81 bits per heavy atom. The SMILES string of the molecule is CCCN1CCC(=NNC(=O)c2cccc(OC)c2)CC1. The van der Waals surface area contributed by atoms with E-state index in [9.17, 15) is 4.79 Å². The van der Waals surface area contributed by atoms with Crippen LogP contribution in [0.4, 0.5) is 0 Å². The summed E-state index contributed by atoms with van der Waals surface area (Å²) in [6.45, 7) is 5.39. The smallest absolute Gasteiger partial charge is 0.271 e. The Morgan fingerprint density at radius 1 is 1.38 bits per heavy atom. The first-order valence-electron chi connectivity index (χ1n) is 7.45. The highest BCUT2D eigenvalue weighted by atomic mass is 16.5. The van der Waals surface area contributed by atoms with Gasteiger partial charge in [0.15, 0.2) is 0 Å². The molecule has 0 saturated carbocycles. The maximum absolute atomic E-state index is 12.0. The molecule has 1 amide bonds. The lowest BCUT2D eigenvalue weighted by molar-refractivity contribution is 0.0954. The quantitative estimate of drug-likeness (QED) is 0.846. The van der Waals surface area contributed by atoms with E-state index < -0.39 is 0 Å². The summed E-state index contributed by atoms with van der Waals surface area (Å²) in [6.07, 6.45) is 3.04. The molecule has 0 radical (unpaired) electrons. The number of amides is 1. The van der Waals surface area contributed by atoms with Crippen molar-refractivity contribution in [2.75, 3.05) is 26.7 Å². The number of methoxy groups -OCH3 is 1. The van der Waals surface area contributed by atoms with Gasteiger partial charge in [-0.05, 0) is 31.2 Å². The number of benzene rings is 1. The highest BCUT2D eigenvalue weighted by Crippen LogP contribution is 2.12. The van der Waals surface area contributed by atoms with Crippen LogP contribution in [0.15, 0.2) is 29.4 Å². The number of hydrogen-bond acceptors (Lipinski definition) is 4. The summed E-state index contributed by atoms with van der Waals surface area (Å²) < 4.78 is 5.11. The van der Waals surface area contributed by atoms with E-state index in [0.717, 1.165) is 38.2 Å². The Bertz CT molecular complexity index is 504. The van der Waals surface area contributed by atoms with Crippen molar-refractivity contribution in [3.63, 3.8) is 0 Å². The second-order valence-corrected chi connectivity index (χ2v) is 5.19. The molecule has 0 spiro atoms. The van der Waals surface area contributed by atoms with E-state index in [1.54, 1.807) is 25.3 Å². The van der Waals surface area contributed by atoms with Crippen molar-refractivity contribution in [1.82, 2.24) is 10.3 Å². The number of carbonyl (C=O) groups is 1. The third kappa shape index (κ3) is 4.56. The predicted octanol–water partition coefficient (Wildman–Crippen LogP) is 2.29. The van der Waals surface area contributed by atoms with Crippen molar-refractivity contribution in [3.8, 4) is 5.75 Å². The van der Waals surface area contributed by atoms with Crippen molar-refractivity contribution in [2.24, 2.45) is 5.10 Å². The van der Waals surface area contributed by atoms with Crippen LogP contribution in [0.25, 0.3) is 0 Å². The van der Waals surface area contributed by atoms with Crippen LogP contribution in [0.2, 0.25) is 0 Å². The molecule has 5 nitrogen and oxygen atoms in total. The average Bonchev–Trinajstić information content (AvgIpc) is 2.54. The summed E-state index contributed by atoms with van der Waals surface area (Å²) >= 11 is 0. The van der Waals surface area contributed by atoms with Gasteiger partial charge >= 0.3 is 0 Å². The van der Waals surface area contributed by atoms with Crippen LogP contribution in [-0.4, -0.2) is 43.3 Å². The lowest BCUT2D eigenvalue weighted by Gasteiger charge is -2.26. The van der Waals surface area contributed by atoms with Crippen LogP contribution >= 0.6 is 0 Å². The molecule has 1 fully saturated rings. The van der Waals surface area contributed by atoms with Gasteiger partial charge in [-0.3, -0.25) is 4.79 Å². The third-order valence-electron chi connectivity index (χ3n) is 3.62. The molecule has 2 rings (SSSR count). The van der Waals surface area contributed by atoms with Crippen molar-refractivity contribution >= 4 is 11.6 Å². The van der Waals surface area contributed by atoms with Gasteiger partial charge in [0.2, 0.25) is 0 Å². The van der Waals surface area contributed by atoms with Gasteiger partial charge in [0, 0.05) is 37.2 Å². The Kier molecular flexibility index (Phi) is 5.75. The summed E-state index contributed by atoms with van der Waals surface area (Å²) in [5, 5.41) is 4.26. The molecule has 5 heteroatoms. The topological polar surface area (TPSA) is 53.9 Å². The first-order chi connectivity index (χ1) is 10.2. The number of likely N-dealkylation sites (tertiary alicyclic amines) is 1. The molecule has 1 heterocycles. The lowest BCUT2D eigenvalue weighted by Crippen LogP contribution is -2.35. The molecule has 0 aromatic heterocycles. The van der Waals surface area contributed by atoms with E-state index in [4.69, 9.17) is 4.74 Å². The van der Waals surface area contributed by atoms with E-state index >= 15 is 0 Å². The normalized spacial score (nSPS) is 15.6. The van der Waals surface area contributed by atoms with Gasteiger partial charge in [-0.2, -0.15) is 5.10 Å². The fourth-order valence-corrected chi connectivity index (χ4v) is 2.42. The van der Waals surface area contributed by atoms with Crippen LogP contribution in [0.3, 0.4) is 0 Å². The monoisotopic (exact) mass is 289 g/mol. The molecule has 0 atom stereocenters. The Hall–Kier alpha value is -1.88. The van der Waals surface area contributed by atoms with Crippen molar-refractivity contribution in [1.29, 1.82) is 0 Å². The molecule has 1 aliphatic rings. The second-order valence-electron chi connectivity index (χ2n) is 5.19. The molecule has 114 valence electrons. The summed E-state index contributed by atoms with van der Waals surface area (Å²) in [5.74, 6) is 0.473. The maximum Gasteiger partial charge on any atom is 0.271 e. The van der Waals surface area contributed by atoms with E-state index in [0.29, 0.717) is 11.3 Å². The minimum Gasteiger partial charge on any atom is -0.497 e. The van der Waals surface area contributed by atoms with Crippen molar-refractivity contribution in [2.45, 2.75) is 26.2 Å². The fourth-order valence-electron chi connectivity index (χ4n) is 2.42. The molecule has 1 aliphatic heterocycles. The van der Waals surface area contributed by atoms with E-state index in [-0.39, 0.29) is 5.91 Å². The first-order valence-corrected chi connectivity index (χ1v) is 7.45. The van der Waals surface area contributed by atoms with E-state index in [2.05, 4.69) is 22.4 Å². The zero-order valence-corrected chi connectivity index (χ0v) is 12.8. The summed E-state index contributed by atoms with van der Waals surface area (Å²) in [4.78, 5) is 14.5. The van der Waals surface area contributed by atoms with Crippen LogP contribution < -0.4 is 10.2 Å². The maximum atomic E-state index is 12.0. The standard InChI is InChI=1S/C16H23N3O2/c1-3-9-19-10-7-14(8-11-19)17-18-16(20)13-5-4-6-15(12-13)21-2/h4-6,12H,3,7-11H2,1-2H3,(H,18,20). The number of rotatable bonds is 5. The third-order valence-corrected chi connectivity index (χ3v) is 3.62. The molecule has 0 unspecified atom stereocenters. The van der Waals surface area contributed by atoms with Crippen LogP contribution in [0, 0.1) is 0 Å². The molecule has 1 aromatic carbocycles. The predicted molar refractivity (Wildman–Crippen MR) is 83.9 cm³/mol. The number of ether oxygens (including phenoxy) is 1. The largest absolute Gasteiger partial charge is 0.497 e. The lowest BCUT2D eigenvalue weighted by atomic mass is 10.1. The Morgan fingerprint density at radius 2 is 2.14 bits per heavy atom. The molecule has 1 saturated heterocycles. The summed E-state index contributed by atoms with van der Waals surface area (Å²) in [7, 11) is 1.58. The summed E-state index contributed by atoms with van der Waals surface area (Å²) in [6, 6.07) is 7.07. The number of carbonyl (C=O) groups excluding carboxylic acids is 1. The summed E-state index contributed by atoms with van der Waals surface area (Å²) in [5.41, 5.74) is 4.27. The molecule has 21 heavy (non-hydrogen) atoms. The second kappa shape index (κ2) is 7.78. The van der Waals surface area contributed by atoms with Gasteiger partial charge in [0.1, 0.15) is 5.75 Å². The molecular formula is C16H23N3O2. The van der Waals surface area contributed by atoms with E-state index in [1.165, 1.54) is 6.42 Å². The molecule has 1 aromatic rings. The zero-order valence-electron chi connectivity index (χ0n) is 12.8. The molecular weight excluding hydrogens is 266 g/mol. The number of hydrazone groups is 1. The Labute approximate surface area is 126 Å². The van der Waals surface area contributed by atoms with Gasteiger partial charge in [-0.1, -0.05) is 13.0 Å². The molecule has 0 bridgehead atoms. The number of piperidine rings is 1. The van der Waals surface area contributed by atoms with Gasteiger partial charge in [0.25, 0.3) is 5.91 Å². The number of nitrogens with one attached hydrogen (secondary N) is 1. The van der Waals surface area contributed by atoms with Crippen LogP contribution in [0.1, 0.15) is 36.5 Å². The molecule has 1 N–H and O–H groups in total. The van der Waals surface area contributed by atoms with Gasteiger partial charge < -0.3 is 9.64 Å². The molecule has 0 aliphatic carbocycles. The van der Waals surface area contributed by atoms with Gasteiger partial charge in [0.05, 0.1) is 7.11 Å².